The van der Waals surface area contributed by atoms with E-state index in [0.29, 0.717) is 6.42 Å². The number of nitrogens with zero attached hydrogens (tertiary/aromatic N) is 1. The molecule has 106 valence electrons. The summed E-state index contributed by atoms with van der Waals surface area (Å²) in [6.45, 7) is 4.03. The van der Waals surface area contributed by atoms with E-state index < -0.39 is 11.4 Å². The summed E-state index contributed by atoms with van der Waals surface area (Å²) in [4.78, 5) is 13.5. The van der Waals surface area contributed by atoms with Crippen LogP contribution in [0.1, 0.15) is 51.9 Å². The maximum Gasteiger partial charge on any atom is 0.237 e. The van der Waals surface area contributed by atoms with Crippen LogP contribution in [0.15, 0.2) is 0 Å². The second-order valence-electron chi connectivity index (χ2n) is 6.15. The molecule has 1 unspecified atom stereocenters. The number of amides is 1. The van der Waals surface area contributed by atoms with Crippen LogP contribution >= 0.6 is 0 Å². The number of rotatable bonds is 8. The van der Waals surface area contributed by atoms with Gasteiger partial charge in [-0.25, -0.2) is 0 Å². The highest BCUT2D eigenvalue weighted by atomic mass is 16.1. The molecule has 4 nitrogen and oxygen atoms in total. The SMILES string of the molecule is CN(CCCCC(C)(N)C(N)=O)CC1CCCC1. The molecule has 0 aromatic heterocycles. The minimum absolute atomic E-state index is 0.401. The van der Waals surface area contributed by atoms with Gasteiger partial charge in [-0.2, -0.15) is 0 Å². The molecule has 0 saturated heterocycles. The van der Waals surface area contributed by atoms with Crippen LogP contribution in [-0.4, -0.2) is 36.5 Å². The van der Waals surface area contributed by atoms with Gasteiger partial charge in [0.25, 0.3) is 0 Å². The maximum absolute atomic E-state index is 11.1. The van der Waals surface area contributed by atoms with Crippen LogP contribution in [0.4, 0.5) is 0 Å². The average molecular weight is 255 g/mol. The first-order valence-corrected chi connectivity index (χ1v) is 7.19. The topological polar surface area (TPSA) is 72.3 Å². The Bertz CT molecular complexity index is 260. The van der Waals surface area contributed by atoms with E-state index in [2.05, 4.69) is 11.9 Å². The molecule has 0 spiro atoms. The molecule has 18 heavy (non-hydrogen) atoms. The largest absolute Gasteiger partial charge is 0.368 e. The lowest BCUT2D eigenvalue weighted by Crippen LogP contribution is -2.49. The Morgan fingerprint density at radius 3 is 2.50 bits per heavy atom. The maximum atomic E-state index is 11.1. The Kier molecular flexibility index (Phi) is 6.09. The quantitative estimate of drug-likeness (QED) is 0.645. The second kappa shape index (κ2) is 7.10. The zero-order chi connectivity index (χ0) is 13.6. The Morgan fingerprint density at radius 1 is 1.33 bits per heavy atom. The predicted octanol–water partition coefficient (Wildman–Crippen LogP) is 1.48. The smallest absolute Gasteiger partial charge is 0.237 e. The van der Waals surface area contributed by atoms with Crippen LogP contribution in [0.2, 0.25) is 0 Å². The van der Waals surface area contributed by atoms with Gasteiger partial charge in [0.1, 0.15) is 0 Å². The third-order valence-corrected chi connectivity index (χ3v) is 4.09. The van der Waals surface area contributed by atoms with E-state index in [1.54, 1.807) is 6.92 Å². The van der Waals surface area contributed by atoms with Crippen molar-refractivity contribution >= 4 is 5.91 Å². The van der Waals surface area contributed by atoms with Gasteiger partial charge in [0.05, 0.1) is 5.54 Å². The first-order chi connectivity index (χ1) is 8.42. The highest BCUT2D eigenvalue weighted by Gasteiger charge is 2.24. The van der Waals surface area contributed by atoms with Gasteiger partial charge in [-0.1, -0.05) is 12.8 Å². The molecule has 1 rings (SSSR count). The molecular weight excluding hydrogens is 226 g/mol. The third-order valence-electron chi connectivity index (χ3n) is 4.09. The van der Waals surface area contributed by atoms with Crippen molar-refractivity contribution in [2.24, 2.45) is 17.4 Å². The van der Waals surface area contributed by atoms with Gasteiger partial charge in [-0.15, -0.1) is 0 Å². The number of primary amides is 1. The number of carbonyl (C=O) groups excluding carboxylic acids is 1. The van der Waals surface area contributed by atoms with Crippen molar-refractivity contribution in [3.63, 3.8) is 0 Å². The molecular formula is C14H29N3O. The molecule has 0 bridgehead atoms. The summed E-state index contributed by atoms with van der Waals surface area (Å²) in [5.41, 5.74) is 10.2. The molecule has 1 atom stereocenters. The van der Waals surface area contributed by atoms with Crippen LogP contribution in [0.25, 0.3) is 0 Å². The van der Waals surface area contributed by atoms with Crippen molar-refractivity contribution in [2.75, 3.05) is 20.1 Å². The number of unbranched alkanes of at least 4 members (excludes halogenated alkanes) is 1. The summed E-state index contributed by atoms with van der Waals surface area (Å²) in [6.07, 6.45) is 8.33. The highest BCUT2D eigenvalue weighted by Crippen LogP contribution is 2.25. The highest BCUT2D eigenvalue weighted by molar-refractivity contribution is 5.83. The molecule has 1 saturated carbocycles. The fourth-order valence-electron chi connectivity index (χ4n) is 2.72. The number of hydrogen-bond donors (Lipinski definition) is 2. The normalized spacial score (nSPS) is 20.2. The van der Waals surface area contributed by atoms with Crippen molar-refractivity contribution in [3.05, 3.63) is 0 Å². The van der Waals surface area contributed by atoms with E-state index in [1.165, 1.54) is 32.2 Å². The summed E-state index contributed by atoms with van der Waals surface area (Å²) < 4.78 is 0. The van der Waals surface area contributed by atoms with Crippen molar-refractivity contribution in [1.29, 1.82) is 0 Å². The molecule has 0 radical (unpaired) electrons. The lowest BCUT2D eigenvalue weighted by molar-refractivity contribution is -0.122. The molecule has 0 aromatic carbocycles. The van der Waals surface area contributed by atoms with Crippen molar-refractivity contribution in [3.8, 4) is 0 Å². The Morgan fingerprint density at radius 2 is 1.94 bits per heavy atom. The fraction of sp³-hybridized carbons (Fsp3) is 0.929. The first-order valence-electron chi connectivity index (χ1n) is 7.19. The molecule has 4 N–H and O–H groups in total. The zero-order valence-corrected chi connectivity index (χ0v) is 12.0. The summed E-state index contributed by atoms with van der Waals surface area (Å²) >= 11 is 0. The predicted molar refractivity (Wildman–Crippen MR) is 75.1 cm³/mol. The van der Waals surface area contributed by atoms with Gasteiger partial charge in [0, 0.05) is 6.54 Å². The number of nitrogens with two attached hydrogens (primary N) is 2. The van der Waals surface area contributed by atoms with Gasteiger partial charge < -0.3 is 16.4 Å². The van der Waals surface area contributed by atoms with Gasteiger partial charge in [-0.3, -0.25) is 4.79 Å². The fourth-order valence-corrected chi connectivity index (χ4v) is 2.72. The molecule has 0 aliphatic heterocycles. The number of hydrogen-bond acceptors (Lipinski definition) is 3. The summed E-state index contributed by atoms with van der Waals surface area (Å²) in [5.74, 6) is 0.502. The van der Waals surface area contributed by atoms with E-state index in [9.17, 15) is 4.79 Å². The molecule has 0 heterocycles. The van der Waals surface area contributed by atoms with Crippen molar-refractivity contribution in [2.45, 2.75) is 57.4 Å². The monoisotopic (exact) mass is 255 g/mol. The average Bonchev–Trinajstić information content (AvgIpc) is 2.77. The Balaban J connectivity index is 2.08. The minimum atomic E-state index is -0.843. The van der Waals surface area contributed by atoms with Gasteiger partial charge in [0.15, 0.2) is 0 Å². The summed E-state index contributed by atoms with van der Waals surface area (Å²) in [5, 5.41) is 0. The van der Waals surface area contributed by atoms with Crippen LogP contribution in [0.3, 0.4) is 0 Å². The molecule has 1 fully saturated rings. The lowest BCUT2D eigenvalue weighted by Gasteiger charge is -2.23. The summed E-state index contributed by atoms with van der Waals surface area (Å²) in [6, 6.07) is 0. The van der Waals surface area contributed by atoms with E-state index in [0.717, 1.165) is 25.3 Å². The second-order valence-corrected chi connectivity index (χ2v) is 6.15. The lowest BCUT2D eigenvalue weighted by atomic mass is 9.95. The number of carbonyl (C=O) groups is 1. The summed E-state index contributed by atoms with van der Waals surface area (Å²) in [7, 11) is 2.19. The molecule has 1 aliphatic rings. The molecule has 1 amide bonds. The van der Waals surface area contributed by atoms with E-state index in [1.807, 2.05) is 0 Å². The third kappa shape index (κ3) is 5.36. The van der Waals surface area contributed by atoms with Crippen LogP contribution < -0.4 is 11.5 Å². The molecule has 4 heteroatoms. The molecule has 0 aromatic rings. The van der Waals surface area contributed by atoms with Crippen LogP contribution in [0.5, 0.6) is 0 Å². The van der Waals surface area contributed by atoms with E-state index in [-0.39, 0.29) is 0 Å². The van der Waals surface area contributed by atoms with Gasteiger partial charge in [0.2, 0.25) is 5.91 Å². The standard InChI is InChI=1S/C14H29N3O/c1-14(16,13(15)18)9-5-6-10-17(2)11-12-7-3-4-8-12/h12H,3-11,16H2,1-2H3,(H2,15,18). The minimum Gasteiger partial charge on any atom is -0.368 e. The Hall–Kier alpha value is -0.610. The first kappa shape index (κ1) is 15.4. The van der Waals surface area contributed by atoms with Crippen molar-refractivity contribution in [1.82, 2.24) is 4.90 Å². The molecule has 1 aliphatic carbocycles. The van der Waals surface area contributed by atoms with Crippen LogP contribution in [-0.2, 0) is 4.79 Å². The van der Waals surface area contributed by atoms with E-state index in [4.69, 9.17) is 11.5 Å². The Labute approximate surface area is 111 Å². The van der Waals surface area contributed by atoms with Crippen LogP contribution in [0, 0.1) is 5.92 Å². The zero-order valence-electron chi connectivity index (χ0n) is 12.0. The van der Waals surface area contributed by atoms with Gasteiger partial charge in [-0.05, 0) is 58.5 Å². The van der Waals surface area contributed by atoms with Crippen molar-refractivity contribution < 1.29 is 4.79 Å². The van der Waals surface area contributed by atoms with E-state index >= 15 is 0 Å². The van der Waals surface area contributed by atoms with Gasteiger partial charge >= 0.3 is 0 Å².